The maximum absolute atomic E-state index is 13.6. The van der Waals surface area contributed by atoms with Gasteiger partial charge in [-0.3, -0.25) is 0 Å². The highest BCUT2D eigenvalue weighted by molar-refractivity contribution is 5.93. The largest absolute Gasteiger partial charge is 0.338 e. The molecule has 0 unspecified atom stereocenters. The van der Waals surface area contributed by atoms with Crippen LogP contribution in [-0.4, -0.2) is 23.8 Å². The molecule has 0 atom stereocenters. The zero-order valence-electron chi connectivity index (χ0n) is 9.49. The van der Waals surface area contributed by atoms with Crippen LogP contribution in [-0.2, 0) is 0 Å². The third kappa shape index (κ3) is 1.53. The van der Waals surface area contributed by atoms with E-state index >= 15 is 0 Å². The number of halogens is 1. The zero-order valence-corrected chi connectivity index (χ0v) is 9.49. The highest BCUT2D eigenvalue weighted by Gasteiger charge is 2.42. The van der Waals surface area contributed by atoms with Gasteiger partial charge in [0.15, 0.2) is 0 Å². The van der Waals surface area contributed by atoms with Crippen molar-refractivity contribution < 1.29 is 9.18 Å². The molecule has 1 aromatic rings. The van der Waals surface area contributed by atoms with Gasteiger partial charge in [0.2, 0.25) is 0 Å². The number of amides is 2. The van der Waals surface area contributed by atoms with E-state index in [4.69, 9.17) is 0 Å². The van der Waals surface area contributed by atoms with Crippen LogP contribution in [0, 0.1) is 5.82 Å². The van der Waals surface area contributed by atoms with E-state index in [9.17, 15) is 9.18 Å². The summed E-state index contributed by atoms with van der Waals surface area (Å²) in [6.07, 6.45) is 0. The number of urea groups is 1. The van der Waals surface area contributed by atoms with Gasteiger partial charge in [0, 0.05) is 7.05 Å². The van der Waals surface area contributed by atoms with Gasteiger partial charge in [0.1, 0.15) is 11.5 Å². The summed E-state index contributed by atoms with van der Waals surface area (Å²) < 4.78 is 13.6. The molecule has 0 aliphatic carbocycles. The fourth-order valence-electron chi connectivity index (χ4n) is 1.68. The molecule has 0 saturated carbocycles. The smallest absolute Gasteiger partial charge is 0.317 e. The minimum atomic E-state index is -0.515. The van der Waals surface area contributed by atoms with Crippen LogP contribution < -0.4 is 10.3 Å². The Bertz CT molecular complexity index is 433. The molecular formula is C11H14FN3O. The van der Waals surface area contributed by atoms with Crippen molar-refractivity contribution in [3.8, 4) is 0 Å². The minimum absolute atomic E-state index is 0.257. The average molecular weight is 223 g/mol. The summed E-state index contributed by atoms with van der Waals surface area (Å²) in [5.74, 6) is -0.415. The highest BCUT2D eigenvalue weighted by atomic mass is 19.1. The van der Waals surface area contributed by atoms with Gasteiger partial charge in [-0.25, -0.2) is 14.2 Å². The predicted octanol–water partition coefficient (Wildman–Crippen LogP) is 1.94. The molecule has 1 aromatic carbocycles. The Hall–Kier alpha value is -1.62. The second-order valence-electron chi connectivity index (χ2n) is 4.28. The number of hydrazine groups is 1. The van der Waals surface area contributed by atoms with E-state index in [-0.39, 0.29) is 11.7 Å². The van der Waals surface area contributed by atoms with Crippen LogP contribution in [0.2, 0.25) is 0 Å². The molecular weight excluding hydrogens is 209 g/mol. The van der Waals surface area contributed by atoms with Crippen molar-refractivity contribution in [2.24, 2.45) is 0 Å². The molecule has 1 heterocycles. The summed E-state index contributed by atoms with van der Waals surface area (Å²) in [5.41, 5.74) is -0.257. The number of benzene rings is 1. The number of para-hydroxylation sites is 1. The van der Waals surface area contributed by atoms with E-state index in [1.807, 2.05) is 13.8 Å². The van der Waals surface area contributed by atoms with Gasteiger partial charge in [-0.1, -0.05) is 12.1 Å². The van der Waals surface area contributed by atoms with Gasteiger partial charge in [0.05, 0.1) is 5.69 Å². The molecule has 0 bridgehead atoms. The van der Waals surface area contributed by atoms with Crippen molar-refractivity contribution in [3.05, 3.63) is 30.1 Å². The summed E-state index contributed by atoms with van der Waals surface area (Å²) in [6, 6.07) is 5.88. The zero-order chi connectivity index (χ0) is 11.9. The van der Waals surface area contributed by atoms with Crippen LogP contribution in [0.25, 0.3) is 0 Å². The van der Waals surface area contributed by atoms with E-state index in [0.717, 1.165) is 0 Å². The summed E-state index contributed by atoms with van der Waals surface area (Å²) in [5, 5.41) is 5.74. The topological polar surface area (TPSA) is 35.6 Å². The number of nitrogens with one attached hydrogen (secondary N) is 1. The first-order chi connectivity index (χ1) is 7.43. The second kappa shape index (κ2) is 3.45. The number of hydrogen-bond donors (Lipinski definition) is 1. The molecule has 4 nitrogen and oxygen atoms in total. The van der Waals surface area contributed by atoms with Gasteiger partial charge >= 0.3 is 6.03 Å². The molecule has 16 heavy (non-hydrogen) atoms. The standard InChI is InChI=1S/C11H14FN3O/c1-11(2)13-10(16)15(14(11)3)9-7-5-4-6-8(9)12/h4-7H,1-3H3,(H,13,16). The van der Waals surface area contributed by atoms with Crippen LogP contribution >= 0.6 is 0 Å². The second-order valence-corrected chi connectivity index (χ2v) is 4.28. The Morgan fingerprint density at radius 3 is 2.44 bits per heavy atom. The molecule has 1 saturated heterocycles. The molecule has 1 aliphatic heterocycles. The normalized spacial score (nSPS) is 20.0. The summed E-state index contributed by atoms with van der Waals surface area (Å²) >= 11 is 0. The van der Waals surface area contributed by atoms with Crippen LogP contribution in [0.15, 0.2) is 24.3 Å². The van der Waals surface area contributed by atoms with E-state index in [0.29, 0.717) is 0 Å². The van der Waals surface area contributed by atoms with Crippen LogP contribution in [0.3, 0.4) is 0 Å². The Morgan fingerprint density at radius 1 is 1.31 bits per heavy atom. The monoisotopic (exact) mass is 223 g/mol. The summed E-state index contributed by atoms with van der Waals surface area (Å²) in [7, 11) is 1.74. The number of rotatable bonds is 1. The number of hydrogen-bond acceptors (Lipinski definition) is 2. The van der Waals surface area contributed by atoms with Gasteiger partial charge in [-0.15, -0.1) is 0 Å². The van der Waals surface area contributed by atoms with Gasteiger partial charge < -0.3 is 5.32 Å². The fraction of sp³-hybridized carbons (Fsp3) is 0.364. The van der Waals surface area contributed by atoms with E-state index < -0.39 is 11.5 Å². The first-order valence-corrected chi connectivity index (χ1v) is 5.04. The van der Waals surface area contributed by atoms with Gasteiger partial charge in [0.25, 0.3) is 0 Å². The number of carbonyl (C=O) groups is 1. The lowest BCUT2D eigenvalue weighted by molar-refractivity contribution is 0.181. The molecule has 0 radical (unpaired) electrons. The van der Waals surface area contributed by atoms with Crippen molar-refractivity contribution >= 4 is 11.7 Å². The van der Waals surface area contributed by atoms with E-state index in [1.54, 1.807) is 30.3 Å². The maximum atomic E-state index is 13.6. The molecule has 2 rings (SSSR count). The van der Waals surface area contributed by atoms with E-state index in [2.05, 4.69) is 5.32 Å². The van der Waals surface area contributed by atoms with Crippen molar-refractivity contribution in [1.29, 1.82) is 0 Å². The molecule has 5 heteroatoms. The Kier molecular flexibility index (Phi) is 2.35. The number of anilines is 1. The minimum Gasteiger partial charge on any atom is -0.317 e. The predicted molar refractivity (Wildman–Crippen MR) is 59.3 cm³/mol. The van der Waals surface area contributed by atoms with Crippen LogP contribution in [0.5, 0.6) is 0 Å². The Labute approximate surface area is 93.6 Å². The highest BCUT2D eigenvalue weighted by Crippen LogP contribution is 2.28. The van der Waals surface area contributed by atoms with Gasteiger partial charge in [-0.05, 0) is 26.0 Å². The summed E-state index contributed by atoms with van der Waals surface area (Å²) in [6.45, 7) is 3.71. The maximum Gasteiger partial charge on any atom is 0.338 e. The third-order valence-corrected chi connectivity index (χ3v) is 2.79. The third-order valence-electron chi connectivity index (χ3n) is 2.79. The molecule has 2 amide bonds. The summed E-state index contributed by atoms with van der Waals surface area (Å²) in [4.78, 5) is 11.8. The van der Waals surface area contributed by atoms with Crippen molar-refractivity contribution in [1.82, 2.24) is 10.3 Å². The van der Waals surface area contributed by atoms with Crippen molar-refractivity contribution in [3.63, 3.8) is 0 Å². The van der Waals surface area contributed by atoms with Crippen LogP contribution in [0.1, 0.15) is 13.8 Å². The molecule has 1 N–H and O–H groups in total. The number of carbonyl (C=O) groups excluding carboxylic acids is 1. The first-order valence-electron chi connectivity index (χ1n) is 5.04. The SMILES string of the molecule is CN1N(c2ccccc2F)C(=O)NC1(C)C. The van der Waals surface area contributed by atoms with Crippen molar-refractivity contribution in [2.45, 2.75) is 19.5 Å². The number of nitrogens with zero attached hydrogens (tertiary/aromatic N) is 2. The lowest BCUT2D eigenvalue weighted by Crippen LogP contribution is -2.47. The average Bonchev–Trinajstić information content (AvgIpc) is 2.39. The lowest BCUT2D eigenvalue weighted by atomic mass is 10.2. The molecule has 86 valence electrons. The molecule has 0 spiro atoms. The molecule has 1 fully saturated rings. The van der Waals surface area contributed by atoms with Gasteiger partial charge in [-0.2, -0.15) is 5.01 Å². The Morgan fingerprint density at radius 2 is 1.94 bits per heavy atom. The molecule has 0 aromatic heterocycles. The van der Waals surface area contributed by atoms with Crippen molar-refractivity contribution in [2.75, 3.05) is 12.1 Å². The molecule has 1 aliphatic rings. The lowest BCUT2D eigenvalue weighted by Gasteiger charge is -2.31. The first kappa shape index (κ1) is 10.9. The van der Waals surface area contributed by atoms with E-state index in [1.165, 1.54) is 11.1 Å². The Balaban J connectivity index is 2.43. The fourth-order valence-corrected chi connectivity index (χ4v) is 1.68. The van der Waals surface area contributed by atoms with Crippen LogP contribution in [0.4, 0.5) is 14.9 Å². The quantitative estimate of drug-likeness (QED) is 0.789.